The molecule has 146 valence electrons. The van der Waals surface area contributed by atoms with Crippen molar-refractivity contribution in [3.05, 3.63) is 11.6 Å². The number of hydrogen-bond donors (Lipinski definition) is 0. The number of halogens is 4. The largest absolute Gasteiger partial charge is 0.394 e. The fourth-order valence-corrected chi connectivity index (χ4v) is 5.74. The lowest BCUT2D eigenvalue weighted by Gasteiger charge is -2.41. The molecule has 2 fully saturated rings. The van der Waals surface area contributed by atoms with Gasteiger partial charge < -0.3 is 0 Å². The number of allylic oxidation sites excluding steroid dienone is 2. The molecule has 0 aromatic heterocycles. The summed E-state index contributed by atoms with van der Waals surface area (Å²) in [5, 5.41) is 0. The van der Waals surface area contributed by atoms with Gasteiger partial charge >= 0.3 is 6.18 Å². The Balaban J connectivity index is 1.56. The molecule has 0 bridgehead atoms. The van der Waals surface area contributed by atoms with Gasteiger partial charge in [0, 0.05) is 0 Å². The van der Waals surface area contributed by atoms with Crippen molar-refractivity contribution in [2.75, 3.05) is 0 Å². The minimum Gasteiger partial charge on any atom is -0.247 e. The summed E-state index contributed by atoms with van der Waals surface area (Å²) in [6.07, 6.45) is 4.94. The summed E-state index contributed by atoms with van der Waals surface area (Å²) in [7, 11) is 5.78. The van der Waals surface area contributed by atoms with Crippen LogP contribution in [0.25, 0.3) is 0 Å². The van der Waals surface area contributed by atoms with E-state index in [4.69, 9.17) is 7.85 Å². The second-order valence-corrected chi connectivity index (χ2v) is 9.05. The van der Waals surface area contributed by atoms with Crippen molar-refractivity contribution in [1.82, 2.24) is 0 Å². The van der Waals surface area contributed by atoms with Crippen LogP contribution in [0.1, 0.15) is 64.7 Å². The van der Waals surface area contributed by atoms with Crippen molar-refractivity contribution in [1.29, 1.82) is 0 Å². The predicted octanol–water partition coefficient (Wildman–Crippen LogP) is 6.67. The fourth-order valence-electron chi connectivity index (χ4n) is 5.74. The molecule has 26 heavy (non-hydrogen) atoms. The van der Waals surface area contributed by atoms with Crippen LogP contribution >= 0.6 is 0 Å². The molecule has 5 atom stereocenters. The van der Waals surface area contributed by atoms with Gasteiger partial charge in [0.05, 0.1) is 13.8 Å². The van der Waals surface area contributed by atoms with E-state index in [0.29, 0.717) is 11.8 Å². The van der Waals surface area contributed by atoms with Gasteiger partial charge in [-0.2, -0.15) is 13.2 Å². The summed E-state index contributed by atoms with van der Waals surface area (Å²) in [4.78, 5) is 0. The Morgan fingerprint density at radius 1 is 1.04 bits per heavy atom. The van der Waals surface area contributed by atoms with E-state index in [2.05, 4.69) is 6.08 Å². The molecule has 0 N–H and O–H groups in total. The highest BCUT2D eigenvalue weighted by Gasteiger charge is 2.50. The van der Waals surface area contributed by atoms with Gasteiger partial charge in [-0.05, 0) is 74.5 Å². The summed E-state index contributed by atoms with van der Waals surface area (Å²) < 4.78 is 53.1. The van der Waals surface area contributed by atoms with E-state index in [1.807, 2.05) is 6.92 Å². The first-order chi connectivity index (χ1) is 12.3. The number of rotatable bonds is 3. The maximum atomic E-state index is 14.2. The predicted molar refractivity (Wildman–Crippen MR) is 97.8 cm³/mol. The van der Waals surface area contributed by atoms with Gasteiger partial charge in [0.15, 0.2) is 0 Å². The molecule has 3 aliphatic rings. The lowest BCUT2D eigenvalue weighted by molar-refractivity contribution is -0.204. The molecule has 2 radical (unpaired) electrons. The minimum absolute atomic E-state index is 0.00229. The molecule has 0 aromatic carbocycles. The first-order valence-electron chi connectivity index (χ1n) is 10.4. The van der Waals surface area contributed by atoms with E-state index in [0.717, 1.165) is 31.5 Å². The Labute approximate surface area is 156 Å². The van der Waals surface area contributed by atoms with Gasteiger partial charge in [-0.1, -0.05) is 37.7 Å². The molecule has 3 rings (SSSR count). The maximum absolute atomic E-state index is 14.2. The Morgan fingerprint density at radius 2 is 1.73 bits per heavy atom. The first-order valence-corrected chi connectivity index (χ1v) is 10.4. The van der Waals surface area contributed by atoms with Crippen molar-refractivity contribution in [3.63, 3.8) is 0 Å². The van der Waals surface area contributed by atoms with Crippen LogP contribution in [0.2, 0.25) is 6.32 Å². The van der Waals surface area contributed by atoms with Gasteiger partial charge in [0.2, 0.25) is 0 Å². The van der Waals surface area contributed by atoms with E-state index in [1.54, 1.807) is 0 Å². The van der Waals surface area contributed by atoms with Crippen molar-refractivity contribution in [2.24, 2.45) is 35.5 Å². The normalized spacial score (nSPS) is 42.3. The highest BCUT2D eigenvalue weighted by Crippen LogP contribution is 2.48. The number of alkyl halides is 4. The smallest absolute Gasteiger partial charge is 0.247 e. The van der Waals surface area contributed by atoms with Crippen molar-refractivity contribution < 1.29 is 17.6 Å². The van der Waals surface area contributed by atoms with Crippen LogP contribution in [-0.4, -0.2) is 20.2 Å². The van der Waals surface area contributed by atoms with E-state index < -0.39 is 18.3 Å². The Bertz CT molecular complexity index is 493. The average molecular weight is 370 g/mol. The van der Waals surface area contributed by atoms with Gasteiger partial charge in [-0.15, -0.1) is 0 Å². The second-order valence-electron chi connectivity index (χ2n) is 9.05. The summed E-state index contributed by atoms with van der Waals surface area (Å²) in [5.41, 5.74) is 1.23. The Morgan fingerprint density at radius 3 is 2.27 bits per heavy atom. The van der Waals surface area contributed by atoms with Crippen molar-refractivity contribution >= 4 is 7.85 Å². The second kappa shape index (κ2) is 8.26. The molecule has 0 aliphatic heterocycles. The molecular weight excluding hydrogens is 339 g/mol. The Hall–Kier alpha value is -0.475. The lowest BCUT2D eigenvalue weighted by atomic mass is 9.65. The lowest BCUT2D eigenvalue weighted by Crippen LogP contribution is -2.41. The zero-order chi connectivity index (χ0) is 18.9. The van der Waals surface area contributed by atoms with Crippen LogP contribution in [0.5, 0.6) is 0 Å². The zero-order valence-corrected chi connectivity index (χ0v) is 15.8. The molecule has 2 saturated carbocycles. The summed E-state index contributed by atoms with van der Waals surface area (Å²) in [5.74, 6) is 0.285. The quantitative estimate of drug-likeness (QED) is 0.296. The molecule has 5 heteroatoms. The van der Waals surface area contributed by atoms with E-state index >= 15 is 0 Å². The van der Waals surface area contributed by atoms with E-state index in [9.17, 15) is 17.6 Å². The molecular formula is C21H31BF4. The van der Waals surface area contributed by atoms with Crippen LogP contribution in [0.15, 0.2) is 11.6 Å². The molecule has 0 aromatic rings. The van der Waals surface area contributed by atoms with Gasteiger partial charge in [0.25, 0.3) is 0 Å². The summed E-state index contributed by atoms with van der Waals surface area (Å²) >= 11 is 0. The van der Waals surface area contributed by atoms with Crippen LogP contribution in [0, 0.1) is 35.5 Å². The topological polar surface area (TPSA) is 0 Å². The van der Waals surface area contributed by atoms with Crippen LogP contribution in [-0.2, 0) is 0 Å². The SMILES string of the molecule is [B]CC1CCC(C2CC=C(C3CC(F)C(C(F)(F)F)CC3C)CC2)CC1. The monoisotopic (exact) mass is 370 g/mol. The van der Waals surface area contributed by atoms with Gasteiger partial charge in [-0.25, -0.2) is 4.39 Å². The first kappa shape index (κ1) is 20.3. The van der Waals surface area contributed by atoms with Crippen molar-refractivity contribution in [3.8, 4) is 0 Å². The third-order valence-electron chi connectivity index (χ3n) is 7.50. The third kappa shape index (κ3) is 4.50. The van der Waals surface area contributed by atoms with E-state index in [1.165, 1.54) is 31.3 Å². The molecule has 0 saturated heterocycles. The zero-order valence-electron chi connectivity index (χ0n) is 15.8. The molecule has 0 spiro atoms. The molecule has 3 aliphatic carbocycles. The third-order valence-corrected chi connectivity index (χ3v) is 7.50. The number of hydrogen-bond acceptors (Lipinski definition) is 0. The van der Waals surface area contributed by atoms with Crippen LogP contribution in [0.4, 0.5) is 17.6 Å². The summed E-state index contributed by atoms with van der Waals surface area (Å²) in [6, 6.07) is 0. The minimum atomic E-state index is -4.41. The molecule has 5 unspecified atom stereocenters. The van der Waals surface area contributed by atoms with E-state index in [-0.39, 0.29) is 24.7 Å². The van der Waals surface area contributed by atoms with Crippen LogP contribution < -0.4 is 0 Å². The highest BCUT2D eigenvalue weighted by molar-refractivity contribution is 6.08. The molecule has 0 amide bonds. The molecule has 0 nitrogen and oxygen atoms in total. The maximum Gasteiger partial charge on any atom is 0.394 e. The van der Waals surface area contributed by atoms with Gasteiger partial charge in [-0.3, -0.25) is 0 Å². The highest BCUT2D eigenvalue weighted by atomic mass is 19.4. The summed E-state index contributed by atoms with van der Waals surface area (Å²) in [6.45, 7) is 1.87. The van der Waals surface area contributed by atoms with Crippen molar-refractivity contribution in [2.45, 2.75) is 83.4 Å². The van der Waals surface area contributed by atoms with Gasteiger partial charge in [0.1, 0.15) is 6.17 Å². The standard InChI is InChI=1S/C21H31BF4/c1-13-10-19(21(24,25)26)20(23)11-18(13)17-8-6-16(7-9-17)15-4-2-14(12-22)3-5-15/h8,13-16,18-20H,2-7,9-12H2,1H3. The Kier molecular flexibility index (Phi) is 6.44. The fraction of sp³-hybridized carbons (Fsp3) is 0.905. The van der Waals surface area contributed by atoms with Crippen LogP contribution in [0.3, 0.4) is 0 Å². The average Bonchev–Trinajstić information content (AvgIpc) is 2.63. The molecule has 0 heterocycles.